The van der Waals surface area contributed by atoms with Gasteiger partial charge in [0.1, 0.15) is 6.42 Å². The monoisotopic (exact) mass is 295 g/mol. The fraction of sp³-hybridized carbons (Fsp3) is 0.200. The van der Waals surface area contributed by atoms with Crippen LogP contribution in [0.25, 0.3) is 0 Å². The van der Waals surface area contributed by atoms with E-state index in [0.29, 0.717) is 0 Å². The second-order valence-electron chi connectivity index (χ2n) is 3.05. The molecule has 0 radical (unpaired) electrons. The number of carbonyl (C=O) groups is 2. The summed E-state index contributed by atoms with van der Waals surface area (Å²) in [5.41, 5.74) is 0.287. The van der Waals surface area contributed by atoms with Gasteiger partial charge < -0.3 is 10.1 Å². The molecule has 1 amide bonds. The summed E-state index contributed by atoms with van der Waals surface area (Å²) < 4.78 is 4.35. The molecule has 0 unspecified atom stereocenters. The first-order valence-corrected chi connectivity index (χ1v) is 5.58. The van der Waals surface area contributed by atoms with Crippen molar-refractivity contribution >= 4 is 52.4 Å². The van der Waals surface area contributed by atoms with Crippen LogP contribution in [0.15, 0.2) is 12.1 Å². The van der Waals surface area contributed by atoms with E-state index in [0.717, 1.165) is 0 Å². The Labute approximate surface area is 113 Å². The highest BCUT2D eigenvalue weighted by Crippen LogP contribution is 2.32. The maximum atomic E-state index is 11.4. The zero-order valence-electron chi connectivity index (χ0n) is 8.72. The minimum absolute atomic E-state index is 0.234. The molecule has 7 heteroatoms. The minimum Gasteiger partial charge on any atom is -0.469 e. The summed E-state index contributed by atoms with van der Waals surface area (Å²) in [6, 6.07) is 2.81. The summed E-state index contributed by atoms with van der Waals surface area (Å²) in [6.07, 6.45) is -0.396. The quantitative estimate of drug-likeness (QED) is 0.529. The van der Waals surface area contributed by atoms with Crippen LogP contribution < -0.4 is 5.32 Å². The maximum absolute atomic E-state index is 11.4. The molecule has 0 aliphatic carbocycles. The molecular weight excluding hydrogens is 288 g/mol. The van der Waals surface area contributed by atoms with Crippen LogP contribution in [0, 0.1) is 0 Å². The topological polar surface area (TPSA) is 55.4 Å². The van der Waals surface area contributed by atoms with Gasteiger partial charge in [-0.3, -0.25) is 9.59 Å². The number of hydrogen-bond donors (Lipinski definition) is 1. The van der Waals surface area contributed by atoms with Crippen LogP contribution in [-0.2, 0) is 14.3 Å². The zero-order chi connectivity index (χ0) is 13.0. The molecule has 17 heavy (non-hydrogen) atoms. The van der Waals surface area contributed by atoms with Gasteiger partial charge in [-0.05, 0) is 12.1 Å². The average Bonchev–Trinajstić information content (AvgIpc) is 2.25. The molecule has 0 saturated carbocycles. The Morgan fingerprint density at radius 3 is 2.35 bits per heavy atom. The lowest BCUT2D eigenvalue weighted by Gasteiger charge is -2.08. The summed E-state index contributed by atoms with van der Waals surface area (Å²) >= 11 is 17.3. The standard InChI is InChI=1S/C10H8Cl3NO3/c1-17-10(16)4-9(15)14-8-3-6(12)5(11)2-7(8)13/h2-3H,4H2,1H3,(H,14,15). The number of ether oxygens (including phenoxy) is 1. The van der Waals surface area contributed by atoms with Crippen molar-refractivity contribution in [3.8, 4) is 0 Å². The van der Waals surface area contributed by atoms with E-state index in [1.807, 2.05) is 0 Å². The molecule has 0 aromatic heterocycles. The van der Waals surface area contributed by atoms with E-state index in [2.05, 4.69) is 10.1 Å². The minimum atomic E-state index is -0.640. The van der Waals surface area contributed by atoms with E-state index >= 15 is 0 Å². The smallest absolute Gasteiger partial charge is 0.315 e. The molecule has 0 bridgehead atoms. The highest BCUT2D eigenvalue weighted by atomic mass is 35.5. The SMILES string of the molecule is COC(=O)CC(=O)Nc1cc(Cl)c(Cl)cc1Cl. The molecule has 0 heterocycles. The first-order chi connectivity index (χ1) is 7.93. The van der Waals surface area contributed by atoms with Gasteiger partial charge in [0.25, 0.3) is 0 Å². The Balaban J connectivity index is 2.78. The number of halogens is 3. The van der Waals surface area contributed by atoms with Gasteiger partial charge in [-0.1, -0.05) is 34.8 Å². The molecule has 0 saturated heterocycles. The van der Waals surface area contributed by atoms with Crippen LogP contribution in [0.1, 0.15) is 6.42 Å². The Hall–Kier alpha value is -0.970. The van der Waals surface area contributed by atoms with Crippen molar-refractivity contribution in [2.45, 2.75) is 6.42 Å². The summed E-state index contributed by atoms with van der Waals surface area (Å²) in [6.45, 7) is 0. The van der Waals surface area contributed by atoms with Crippen molar-refractivity contribution in [3.05, 3.63) is 27.2 Å². The van der Waals surface area contributed by atoms with Gasteiger partial charge in [-0.2, -0.15) is 0 Å². The largest absolute Gasteiger partial charge is 0.469 e. The van der Waals surface area contributed by atoms with Gasteiger partial charge in [-0.15, -0.1) is 0 Å². The number of nitrogens with one attached hydrogen (secondary N) is 1. The Morgan fingerprint density at radius 2 is 1.76 bits per heavy atom. The molecule has 0 spiro atoms. The lowest BCUT2D eigenvalue weighted by Crippen LogP contribution is -2.17. The third-order valence-electron chi connectivity index (χ3n) is 1.82. The third kappa shape index (κ3) is 4.07. The maximum Gasteiger partial charge on any atom is 0.315 e. The van der Waals surface area contributed by atoms with E-state index in [4.69, 9.17) is 34.8 Å². The molecule has 0 fully saturated rings. The highest BCUT2D eigenvalue weighted by Gasteiger charge is 2.12. The molecule has 1 rings (SSSR count). The molecular formula is C10H8Cl3NO3. The van der Waals surface area contributed by atoms with Crippen LogP contribution in [0.2, 0.25) is 15.1 Å². The van der Waals surface area contributed by atoms with Gasteiger partial charge in [0.2, 0.25) is 5.91 Å². The highest BCUT2D eigenvalue weighted by molar-refractivity contribution is 6.44. The van der Waals surface area contributed by atoms with E-state index in [9.17, 15) is 9.59 Å². The normalized spacial score (nSPS) is 9.88. The van der Waals surface area contributed by atoms with E-state index in [1.54, 1.807) is 0 Å². The summed E-state index contributed by atoms with van der Waals surface area (Å²) in [5, 5.41) is 3.20. The second-order valence-corrected chi connectivity index (χ2v) is 4.27. The predicted molar refractivity (Wildman–Crippen MR) is 66.7 cm³/mol. The van der Waals surface area contributed by atoms with Gasteiger partial charge in [0.05, 0.1) is 27.9 Å². The molecule has 0 atom stereocenters. The molecule has 0 aliphatic rings. The van der Waals surface area contributed by atoms with E-state index < -0.39 is 18.3 Å². The van der Waals surface area contributed by atoms with Crippen molar-refractivity contribution in [3.63, 3.8) is 0 Å². The van der Waals surface area contributed by atoms with Crippen LogP contribution in [-0.4, -0.2) is 19.0 Å². The molecule has 0 aliphatic heterocycles. The van der Waals surface area contributed by atoms with Crippen molar-refractivity contribution < 1.29 is 14.3 Å². The van der Waals surface area contributed by atoms with Crippen molar-refractivity contribution in [2.24, 2.45) is 0 Å². The Kier molecular flexibility index (Phi) is 5.05. The number of esters is 1. The van der Waals surface area contributed by atoms with Gasteiger partial charge in [0.15, 0.2) is 0 Å². The lowest BCUT2D eigenvalue weighted by molar-refractivity contribution is -0.142. The molecule has 92 valence electrons. The van der Waals surface area contributed by atoms with Gasteiger partial charge >= 0.3 is 5.97 Å². The average molecular weight is 297 g/mol. The number of methoxy groups -OCH3 is 1. The summed E-state index contributed by atoms with van der Waals surface area (Å²) in [4.78, 5) is 22.2. The van der Waals surface area contributed by atoms with Crippen LogP contribution in [0.5, 0.6) is 0 Å². The summed E-state index contributed by atoms with van der Waals surface area (Å²) in [5.74, 6) is -1.18. The predicted octanol–water partition coefficient (Wildman–Crippen LogP) is 3.15. The third-order valence-corrected chi connectivity index (χ3v) is 2.85. The first-order valence-electron chi connectivity index (χ1n) is 4.45. The Morgan fingerprint density at radius 1 is 1.18 bits per heavy atom. The number of carbonyl (C=O) groups excluding carboxylic acids is 2. The summed E-state index contributed by atoms with van der Waals surface area (Å²) in [7, 11) is 1.20. The van der Waals surface area contributed by atoms with Crippen molar-refractivity contribution in [1.29, 1.82) is 0 Å². The van der Waals surface area contributed by atoms with E-state index in [-0.39, 0.29) is 20.8 Å². The number of benzene rings is 1. The lowest BCUT2D eigenvalue weighted by atomic mass is 10.3. The van der Waals surface area contributed by atoms with Crippen LogP contribution >= 0.6 is 34.8 Å². The first kappa shape index (κ1) is 14.1. The molecule has 1 aromatic rings. The fourth-order valence-electron chi connectivity index (χ4n) is 1.02. The molecule has 1 aromatic carbocycles. The number of rotatable bonds is 3. The molecule has 1 N–H and O–H groups in total. The van der Waals surface area contributed by atoms with Crippen molar-refractivity contribution in [2.75, 3.05) is 12.4 Å². The van der Waals surface area contributed by atoms with Crippen LogP contribution in [0.4, 0.5) is 5.69 Å². The number of anilines is 1. The zero-order valence-corrected chi connectivity index (χ0v) is 11.0. The fourth-order valence-corrected chi connectivity index (χ4v) is 1.61. The molecule has 4 nitrogen and oxygen atoms in total. The van der Waals surface area contributed by atoms with Gasteiger partial charge in [-0.25, -0.2) is 0 Å². The van der Waals surface area contributed by atoms with Crippen molar-refractivity contribution in [1.82, 2.24) is 0 Å². The van der Waals surface area contributed by atoms with Gasteiger partial charge in [0, 0.05) is 0 Å². The second kappa shape index (κ2) is 6.10. The van der Waals surface area contributed by atoms with Crippen LogP contribution in [0.3, 0.4) is 0 Å². The number of hydrogen-bond acceptors (Lipinski definition) is 3. The van der Waals surface area contributed by atoms with E-state index in [1.165, 1.54) is 19.2 Å². The number of amides is 1. The Bertz CT molecular complexity index is 462.